The Hall–Kier alpha value is -0.630. The fourth-order valence-electron chi connectivity index (χ4n) is 8.54. The van der Waals surface area contributed by atoms with Gasteiger partial charge in [0, 0.05) is 12.8 Å². The molecule has 2 nitrogen and oxygen atoms in total. The van der Waals surface area contributed by atoms with Crippen molar-refractivity contribution in [3.05, 3.63) is 11.6 Å². The number of hydrogen-bond donors (Lipinski definition) is 1. The van der Waals surface area contributed by atoms with Crippen molar-refractivity contribution in [2.75, 3.05) is 0 Å². The smallest absolute Gasteiger partial charge is 0.162 e. The van der Waals surface area contributed by atoms with E-state index in [-0.39, 0.29) is 11.2 Å². The highest BCUT2D eigenvalue weighted by atomic mass is 16.3. The van der Waals surface area contributed by atoms with Gasteiger partial charge in [0.2, 0.25) is 0 Å². The molecule has 0 radical (unpaired) electrons. The fourth-order valence-corrected chi connectivity index (χ4v) is 8.54. The topological polar surface area (TPSA) is 37.3 Å². The van der Waals surface area contributed by atoms with E-state index in [4.69, 9.17) is 0 Å². The van der Waals surface area contributed by atoms with Crippen molar-refractivity contribution >= 4 is 5.78 Å². The van der Waals surface area contributed by atoms with Crippen molar-refractivity contribution in [3.63, 3.8) is 0 Å². The van der Waals surface area contributed by atoms with Crippen LogP contribution in [0.4, 0.5) is 0 Å². The van der Waals surface area contributed by atoms with Crippen LogP contribution < -0.4 is 0 Å². The van der Waals surface area contributed by atoms with Crippen molar-refractivity contribution in [3.8, 4) is 0 Å². The minimum absolute atomic E-state index is 0.0154. The quantitative estimate of drug-likeness (QED) is 0.530. The molecule has 0 heterocycles. The van der Waals surface area contributed by atoms with Gasteiger partial charge in [-0.1, -0.05) is 65.5 Å². The Balaban J connectivity index is 1.51. The molecular weight excluding hydrogens is 356 g/mol. The molecule has 4 aliphatic rings. The summed E-state index contributed by atoms with van der Waals surface area (Å²) in [6.07, 6.45) is 13.6. The zero-order valence-electron chi connectivity index (χ0n) is 19.5. The molecule has 0 aromatic rings. The maximum absolute atomic E-state index is 12.4. The third kappa shape index (κ3) is 3.56. The molecule has 4 aliphatic carbocycles. The predicted molar refractivity (Wildman–Crippen MR) is 119 cm³/mol. The van der Waals surface area contributed by atoms with Gasteiger partial charge >= 0.3 is 0 Å². The van der Waals surface area contributed by atoms with Gasteiger partial charge in [0.25, 0.3) is 0 Å². The molecule has 0 aromatic carbocycles. The summed E-state index contributed by atoms with van der Waals surface area (Å²) in [6.45, 7) is 12.2. The number of Topliss-reactive ketones (excluding diaryl/α,β-unsaturated/α-hetero) is 1. The average molecular weight is 401 g/mol. The third-order valence-electron chi connectivity index (χ3n) is 10.2. The van der Waals surface area contributed by atoms with Crippen LogP contribution >= 0.6 is 0 Å². The molecule has 3 saturated carbocycles. The molecule has 0 spiro atoms. The summed E-state index contributed by atoms with van der Waals surface area (Å²) in [4.78, 5) is 12.4. The van der Waals surface area contributed by atoms with Crippen LogP contribution in [-0.2, 0) is 4.79 Å². The average Bonchev–Trinajstić information content (AvgIpc) is 3.00. The van der Waals surface area contributed by atoms with Gasteiger partial charge in [0.15, 0.2) is 5.78 Å². The van der Waals surface area contributed by atoms with Crippen LogP contribution in [0.2, 0.25) is 0 Å². The van der Waals surface area contributed by atoms with Crippen molar-refractivity contribution in [2.45, 2.75) is 105 Å². The summed E-state index contributed by atoms with van der Waals surface area (Å²) >= 11 is 0. The largest absolute Gasteiger partial charge is 0.385 e. The molecule has 1 N–H and O–H groups in total. The highest BCUT2D eigenvalue weighted by molar-refractivity contribution is 5.85. The highest BCUT2D eigenvalue weighted by Crippen LogP contribution is 2.67. The van der Waals surface area contributed by atoms with Gasteiger partial charge in [-0.3, -0.25) is 4.79 Å². The summed E-state index contributed by atoms with van der Waals surface area (Å²) in [7, 11) is 0. The lowest BCUT2D eigenvalue weighted by Crippen LogP contribution is -2.52. The number of aliphatic hydroxyl groups excluding tert-OH is 1. The van der Waals surface area contributed by atoms with E-state index in [0.717, 1.165) is 29.6 Å². The number of carbonyl (C=O) groups excluding carboxylic acids is 1. The molecule has 0 aliphatic heterocycles. The van der Waals surface area contributed by atoms with Crippen LogP contribution in [0.5, 0.6) is 0 Å². The zero-order valence-corrected chi connectivity index (χ0v) is 19.5. The van der Waals surface area contributed by atoms with Gasteiger partial charge in [-0.25, -0.2) is 0 Å². The highest BCUT2D eigenvalue weighted by Gasteiger charge is 2.59. The molecule has 4 rings (SSSR count). The maximum Gasteiger partial charge on any atom is 0.162 e. The zero-order chi connectivity index (χ0) is 21.0. The summed E-state index contributed by atoms with van der Waals surface area (Å²) in [5.74, 6) is 4.86. The number of fused-ring (bicyclic) bond motifs is 5. The first-order valence-electron chi connectivity index (χ1n) is 12.6. The van der Waals surface area contributed by atoms with Crippen LogP contribution in [0.3, 0.4) is 0 Å². The molecule has 2 heteroatoms. The lowest BCUT2D eigenvalue weighted by Gasteiger charge is -2.58. The molecule has 0 saturated heterocycles. The summed E-state index contributed by atoms with van der Waals surface area (Å²) in [5.41, 5.74) is 1.91. The number of carbonyl (C=O) groups is 1. The number of aliphatic hydroxyl groups is 1. The Kier molecular flexibility index (Phi) is 5.82. The van der Waals surface area contributed by atoms with Gasteiger partial charge in [0.1, 0.15) is 6.10 Å². The maximum atomic E-state index is 12.4. The first kappa shape index (κ1) is 21.6. The second-order valence-corrected chi connectivity index (χ2v) is 12.2. The van der Waals surface area contributed by atoms with E-state index in [1.54, 1.807) is 0 Å². The van der Waals surface area contributed by atoms with Crippen molar-refractivity contribution in [2.24, 2.45) is 46.3 Å². The van der Waals surface area contributed by atoms with Gasteiger partial charge < -0.3 is 5.11 Å². The molecule has 29 heavy (non-hydrogen) atoms. The Morgan fingerprint density at radius 3 is 2.59 bits per heavy atom. The minimum Gasteiger partial charge on any atom is -0.385 e. The van der Waals surface area contributed by atoms with E-state index in [2.05, 4.69) is 40.7 Å². The van der Waals surface area contributed by atoms with Gasteiger partial charge in [0.05, 0.1) is 0 Å². The molecule has 8 atom stereocenters. The lowest BCUT2D eigenvalue weighted by atomic mass is 9.47. The van der Waals surface area contributed by atoms with Gasteiger partial charge in [-0.2, -0.15) is 0 Å². The molecule has 164 valence electrons. The normalized spacial score (nSPS) is 45.4. The van der Waals surface area contributed by atoms with Crippen molar-refractivity contribution < 1.29 is 9.90 Å². The lowest BCUT2D eigenvalue weighted by molar-refractivity contribution is -0.135. The van der Waals surface area contributed by atoms with Crippen LogP contribution in [0.15, 0.2) is 11.6 Å². The van der Waals surface area contributed by atoms with Crippen LogP contribution in [0, 0.1) is 46.3 Å². The first-order chi connectivity index (χ1) is 13.7. The molecule has 0 bridgehead atoms. The monoisotopic (exact) mass is 400 g/mol. The van der Waals surface area contributed by atoms with E-state index in [1.165, 1.54) is 56.9 Å². The Bertz CT molecular complexity index is 663. The summed E-state index contributed by atoms with van der Waals surface area (Å²) in [5, 5.41) is 10.1. The van der Waals surface area contributed by atoms with Gasteiger partial charge in [-0.05, 0) is 78.4 Å². The molecular formula is C27H44O2. The van der Waals surface area contributed by atoms with Crippen molar-refractivity contribution in [1.82, 2.24) is 0 Å². The predicted octanol–water partition coefficient (Wildman–Crippen LogP) is 6.57. The number of ketones is 1. The van der Waals surface area contributed by atoms with E-state index in [9.17, 15) is 9.90 Å². The van der Waals surface area contributed by atoms with Crippen LogP contribution in [-0.4, -0.2) is 17.0 Å². The van der Waals surface area contributed by atoms with Gasteiger partial charge in [-0.15, -0.1) is 0 Å². The Labute approximate surface area is 178 Å². The molecule has 3 fully saturated rings. The Morgan fingerprint density at radius 2 is 1.86 bits per heavy atom. The number of allylic oxidation sites excluding steroid dienone is 1. The first-order valence-corrected chi connectivity index (χ1v) is 12.6. The number of hydrogen-bond acceptors (Lipinski definition) is 2. The SMILES string of the molecule is CC(C)CCC[C@@H](C)[C@H]1CC[C@H]2[C@@H]3CC=C4C[C@H](O)C(=O)C[C@]4(C)[C@H]3CC[C@]12C. The third-order valence-corrected chi connectivity index (χ3v) is 10.2. The fraction of sp³-hybridized carbons (Fsp3) is 0.889. The molecule has 0 unspecified atom stereocenters. The molecule has 0 aromatic heterocycles. The van der Waals surface area contributed by atoms with E-state index in [0.29, 0.717) is 24.2 Å². The standard InChI is InChI=1S/C27H44O2/c1-17(2)7-6-8-18(3)21-11-12-22-20-10-9-19-15-24(28)25(29)16-27(19,5)23(20)13-14-26(21,22)4/h9,17-18,20-24,28H,6-8,10-16H2,1-5H3/t18-,20+,21-,22+,23+,24+,26-,27+/m1/s1. The van der Waals surface area contributed by atoms with E-state index >= 15 is 0 Å². The second-order valence-electron chi connectivity index (χ2n) is 12.2. The number of rotatable bonds is 5. The second kappa shape index (κ2) is 7.81. The van der Waals surface area contributed by atoms with E-state index < -0.39 is 6.10 Å². The molecule has 0 amide bonds. The summed E-state index contributed by atoms with van der Waals surface area (Å²) < 4.78 is 0. The Morgan fingerprint density at radius 1 is 1.10 bits per heavy atom. The van der Waals surface area contributed by atoms with E-state index in [1.807, 2.05) is 0 Å². The minimum atomic E-state index is -0.748. The summed E-state index contributed by atoms with van der Waals surface area (Å²) in [6, 6.07) is 0. The van der Waals surface area contributed by atoms with Crippen molar-refractivity contribution in [1.29, 1.82) is 0 Å². The van der Waals surface area contributed by atoms with Crippen LogP contribution in [0.1, 0.15) is 98.8 Å². The van der Waals surface area contributed by atoms with Crippen LogP contribution in [0.25, 0.3) is 0 Å².